The Morgan fingerprint density at radius 2 is 2.10 bits per heavy atom. The molecule has 0 atom stereocenters. The molecule has 3 rings (SSSR count). The third-order valence-corrected chi connectivity index (χ3v) is 4.45. The molecule has 0 unspecified atom stereocenters. The zero-order valence-corrected chi connectivity index (χ0v) is 12.6. The molecule has 1 saturated carbocycles. The molecule has 4 heteroatoms. The average molecular weight is 287 g/mol. The number of hydrogen-bond donors (Lipinski definition) is 1. The zero-order valence-electron chi connectivity index (χ0n) is 12.6. The summed E-state index contributed by atoms with van der Waals surface area (Å²) in [5, 5.41) is 9.07. The van der Waals surface area contributed by atoms with Gasteiger partial charge in [-0.1, -0.05) is 26.7 Å². The van der Waals surface area contributed by atoms with Crippen LogP contribution >= 0.6 is 0 Å². The third-order valence-electron chi connectivity index (χ3n) is 4.45. The number of aromatic nitrogens is 1. The van der Waals surface area contributed by atoms with Crippen molar-refractivity contribution in [3.05, 3.63) is 29.7 Å². The van der Waals surface area contributed by atoms with E-state index in [-0.39, 0.29) is 11.0 Å². The maximum atomic E-state index is 11.1. The number of hydrogen-bond acceptors (Lipinski definition) is 3. The van der Waals surface area contributed by atoms with Crippen LogP contribution in [0.25, 0.3) is 11.1 Å². The maximum Gasteiger partial charge on any atom is 0.335 e. The molecule has 1 aromatic carbocycles. The van der Waals surface area contributed by atoms with Gasteiger partial charge in [0.05, 0.1) is 5.56 Å². The first-order chi connectivity index (χ1) is 10.00. The second-order valence-electron chi connectivity index (χ2n) is 6.59. The Labute approximate surface area is 124 Å². The number of fused-ring (bicyclic) bond motifs is 1. The molecule has 0 bridgehead atoms. The third kappa shape index (κ3) is 2.55. The minimum Gasteiger partial charge on any atom is -0.478 e. The highest BCUT2D eigenvalue weighted by Crippen LogP contribution is 2.45. The number of oxazole rings is 1. The highest BCUT2D eigenvalue weighted by atomic mass is 16.4. The smallest absolute Gasteiger partial charge is 0.335 e. The first-order valence-corrected chi connectivity index (χ1v) is 7.64. The van der Waals surface area contributed by atoms with Gasteiger partial charge in [0, 0.05) is 5.41 Å². The Morgan fingerprint density at radius 1 is 1.38 bits per heavy atom. The Kier molecular flexibility index (Phi) is 3.47. The van der Waals surface area contributed by atoms with E-state index in [1.165, 1.54) is 12.8 Å². The van der Waals surface area contributed by atoms with Crippen molar-refractivity contribution < 1.29 is 14.3 Å². The van der Waals surface area contributed by atoms with E-state index in [0.717, 1.165) is 30.7 Å². The van der Waals surface area contributed by atoms with E-state index >= 15 is 0 Å². The van der Waals surface area contributed by atoms with E-state index in [0.29, 0.717) is 11.5 Å². The number of carboxylic acids is 1. The number of carbonyl (C=O) groups is 1. The van der Waals surface area contributed by atoms with Crippen LogP contribution in [0.1, 0.15) is 62.2 Å². The van der Waals surface area contributed by atoms with Crippen molar-refractivity contribution in [1.82, 2.24) is 4.98 Å². The van der Waals surface area contributed by atoms with Crippen molar-refractivity contribution in [1.29, 1.82) is 0 Å². The highest BCUT2D eigenvalue weighted by molar-refractivity contribution is 5.91. The maximum absolute atomic E-state index is 11.1. The van der Waals surface area contributed by atoms with Gasteiger partial charge in [-0.05, 0) is 43.4 Å². The lowest BCUT2D eigenvalue weighted by Crippen LogP contribution is -2.24. The van der Waals surface area contributed by atoms with Gasteiger partial charge in [0.2, 0.25) is 5.89 Å². The Hall–Kier alpha value is -1.84. The van der Waals surface area contributed by atoms with Crippen molar-refractivity contribution in [3.8, 4) is 0 Å². The first-order valence-electron chi connectivity index (χ1n) is 7.64. The summed E-state index contributed by atoms with van der Waals surface area (Å²) in [6, 6.07) is 4.90. The predicted octanol–water partition coefficient (Wildman–Crippen LogP) is 4.38. The van der Waals surface area contributed by atoms with Gasteiger partial charge in [0.1, 0.15) is 5.52 Å². The zero-order chi connectivity index (χ0) is 15.0. The molecular weight excluding hydrogens is 266 g/mol. The molecule has 0 saturated heterocycles. The average Bonchev–Trinajstić information content (AvgIpc) is 3.03. The molecule has 2 aromatic rings. The van der Waals surface area contributed by atoms with Gasteiger partial charge in [0.15, 0.2) is 5.58 Å². The molecule has 21 heavy (non-hydrogen) atoms. The molecule has 0 amide bonds. The summed E-state index contributed by atoms with van der Waals surface area (Å²) in [4.78, 5) is 15.7. The van der Waals surface area contributed by atoms with E-state index < -0.39 is 5.97 Å². The minimum absolute atomic E-state index is 0.0383. The van der Waals surface area contributed by atoms with Gasteiger partial charge in [0.25, 0.3) is 0 Å². The molecule has 1 aliphatic carbocycles. The molecule has 1 aliphatic rings. The number of rotatable bonds is 4. The van der Waals surface area contributed by atoms with Crippen molar-refractivity contribution in [2.75, 3.05) is 0 Å². The fraction of sp³-hybridized carbons (Fsp3) is 0.529. The first kappa shape index (κ1) is 14.1. The number of carboxylic acid groups (broad SMARTS) is 1. The second-order valence-corrected chi connectivity index (χ2v) is 6.59. The quantitative estimate of drug-likeness (QED) is 0.906. The van der Waals surface area contributed by atoms with E-state index in [4.69, 9.17) is 9.52 Å². The van der Waals surface area contributed by atoms with Crippen LogP contribution in [0.5, 0.6) is 0 Å². The molecule has 1 N–H and O–H groups in total. The predicted molar refractivity (Wildman–Crippen MR) is 80.6 cm³/mol. The number of nitrogens with zero attached hydrogens (tertiary/aromatic N) is 1. The normalized spacial score (nSPS) is 17.7. The molecule has 1 heterocycles. The van der Waals surface area contributed by atoms with E-state index in [1.807, 2.05) is 0 Å². The summed E-state index contributed by atoms with van der Waals surface area (Å²) in [5.74, 6) is 0.451. The van der Waals surface area contributed by atoms with E-state index in [9.17, 15) is 4.79 Å². The molecule has 4 nitrogen and oxygen atoms in total. The fourth-order valence-corrected chi connectivity index (χ4v) is 3.62. The molecular formula is C17H21NO3. The molecule has 1 fully saturated rings. The van der Waals surface area contributed by atoms with Crippen LogP contribution in [0.4, 0.5) is 0 Å². The van der Waals surface area contributed by atoms with Gasteiger partial charge in [-0.3, -0.25) is 0 Å². The van der Waals surface area contributed by atoms with Crippen molar-refractivity contribution in [3.63, 3.8) is 0 Å². The Morgan fingerprint density at radius 3 is 2.71 bits per heavy atom. The minimum atomic E-state index is -0.937. The molecule has 0 radical (unpaired) electrons. The summed E-state index contributed by atoms with van der Waals surface area (Å²) in [5.41, 5.74) is 1.62. The summed E-state index contributed by atoms with van der Waals surface area (Å²) in [6.07, 6.45) is 5.73. The monoisotopic (exact) mass is 287 g/mol. The lowest BCUT2D eigenvalue weighted by Gasteiger charge is -2.27. The van der Waals surface area contributed by atoms with Crippen LogP contribution in [0.3, 0.4) is 0 Å². The second kappa shape index (κ2) is 5.17. The van der Waals surface area contributed by atoms with Crippen molar-refractivity contribution in [2.24, 2.45) is 5.92 Å². The summed E-state index contributed by atoms with van der Waals surface area (Å²) >= 11 is 0. The summed E-state index contributed by atoms with van der Waals surface area (Å²) in [6.45, 7) is 4.45. The van der Waals surface area contributed by atoms with Crippen LogP contribution in [0.15, 0.2) is 22.6 Å². The van der Waals surface area contributed by atoms with Crippen LogP contribution in [0, 0.1) is 5.92 Å². The molecule has 1 aromatic heterocycles. The van der Waals surface area contributed by atoms with Crippen LogP contribution in [-0.4, -0.2) is 16.1 Å². The standard InChI is InChI=1S/C17H21NO3/c1-11(2)10-17(7-3-4-8-17)16-18-13-6-5-12(15(19)20)9-14(13)21-16/h5-6,9,11H,3-4,7-8,10H2,1-2H3,(H,19,20). The Bertz CT molecular complexity index is 666. The largest absolute Gasteiger partial charge is 0.478 e. The SMILES string of the molecule is CC(C)CC1(c2nc3ccc(C(=O)O)cc3o2)CCCC1. The number of aromatic carboxylic acids is 1. The van der Waals surface area contributed by atoms with Gasteiger partial charge in [-0.2, -0.15) is 0 Å². The highest BCUT2D eigenvalue weighted by Gasteiger charge is 2.40. The van der Waals surface area contributed by atoms with Crippen LogP contribution in [-0.2, 0) is 5.41 Å². The van der Waals surface area contributed by atoms with Gasteiger partial charge < -0.3 is 9.52 Å². The van der Waals surface area contributed by atoms with Crippen molar-refractivity contribution >= 4 is 17.1 Å². The molecule has 0 spiro atoms. The molecule has 0 aliphatic heterocycles. The van der Waals surface area contributed by atoms with Crippen LogP contribution < -0.4 is 0 Å². The van der Waals surface area contributed by atoms with Crippen LogP contribution in [0.2, 0.25) is 0 Å². The summed E-state index contributed by atoms with van der Waals surface area (Å²) < 4.78 is 5.97. The van der Waals surface area contributed by atoms with Gasteiger partial charge in [-0.15, -0.1) is 0 Å². The topological polar surface area (TPSA) is 63.3 Å². The summed E-state index contributed by atoms with van der Waals surface area (Å²) in [7, 11) is 0. The molecule has 112 valence electrons. The fourth-order valence-electron chi connectivity index (χ4n) is 3.62. The van der Waals surface area contributed by atoms with E-state index in [2.05, 4.69) is 18.8 Å². The van der Waals surface area contributed by atoms with Crippen molar-refractivity contribution in [2.45, 2.75) is 51.4 Å². The number of benzene rings is 1. The Balaban J connectivity index is 2.04. The van der Waals surface area contributed by atoms with Gasteiger partial charge >= 0.3 is 5.97 Å². The lowest BCUT2D eigenvalue weighted by molar-refractivity contribution is 0.0697. The van der Waals surface area contributed by atoms with E-state index in [1.54, 1.807) is 18.2 Å². The van der Waals surface area contributed by atoms with Gasteiger partial charge in [-0.25, -0.2) is 9.78 Å². The lowest BCUT2D eigenvalue weighted by atomic mass is 9.78.